The number of anilines is 2. The zero-order valence-electron chi connectivity index (χ0n) is 30.1. The number of ether oxygens (including phenoxy) is 3. The maximum absolute atomic E-state index is 14.1. The van der Waals surface area contributed by atoms with Gasteiger partial charge in [-0.2, -0.15) is 15.0 Å². The van der Waals surface area contributed by atoms with E-state index in [1.54, 1.807) is 32.0 Å². The number of rotatable bonds is 6. The standard InChI is InChI=1S/C31H33ClN10O12P2S2/c1-13(2)26(43)39-31-38-25-20(27(44)40-31)35-12-42(25)28-22(52-29(45)14-6-4-3-5-7-14)21-17(51-28)10-49-55(46,57)53-15-8-18(50-16(15)9-48-56(47,58)54-21)41-11-34-19-23(33)36-30(32)37-24(19)41/h3-7,11-13,15-18,21-22,28H,8-10H2,1-2H3,(H,46,57)(H,47,58)(H2,33,36,37)(H2,38,39,40,43,44)/t15-,16-,17-,18-,21+,22?,28-,55?,56?/m1/s1. The fourth-order valence-electron chi connectivity index (χ4n) is 6.49. The van der Waals surface area contributed by atoms with Gasteiger partial charge < -0.3 is 33.9 Å². The summed E-state index contributed by atoms with van der Waals surface area (Å²) in [5.41, 5.74) is 5.69. The maximum atomic E-state index is 14.1. The van der Waals surface area contributed by atoms with Crippen LogP contribution in [-0.2, 0) is 53.5 Å². The average molecular weight is 899 g/mol. The Bertz CT molecular complexity index is 2560. The molecule has 4 aromatic heterocycles. The smallest absolute Gasteiger partial charge is 0.386 e. The van der Waals surface area contributed by atoms with Gasteiger partial charge in [0.1, 0.15) is 30.1 Å². The molecule has 0 radical (unpaired) electrons. The van der Waals surface area contributed by atoms with Crippen molar-refractivity contribution in [3.05, 3.63) is 64.2 Å². The molecule has 9 atom stereocenters. The van der Waals surface area contributed by atoms with Crippen LogP contribution in [0.25, 0.3) is 22.3 Å². The molecule has 1 amide bonds. The highest BCUT2D eigenvalue weighted by molar-refractivity contribution is 8.44. The first-order valence-electron chi connectivity index (χ1n) is 17.4. The number of nitrogens with zero attached hydrogens (tertiary/aromatic N) is 7. The van der Waals surface area contributed by atoms with Gasteiger partial charge in [-0.3, -0.25) is 38.1 Å². The molecule has 7 heterocycles. The number of hydrogen-bond acceptors (Lipinski definition) is 18. The zero-order valence-corrected chi connectivity index (χ0v) is 34.3. The zero-order chi connectivity index (χ0) is 41.1. The molecule has 0 saturated carbocycles. The van der Waals surface area contributed by atoms with Crippen LogP contribution in [0.2, 0.25) is 5.28 Å². The molecular formula is C31H33ClN10O12P2S2. The maximum Gasteiger partial charge on any atom is 0.386 e. The number of H-pyrrole nitrogens is 1. The Morgan fingerprint density at radius 2 is 1.74 bits per heavy atom. The molecule has 3 unspecified atom stereocenters. The Labute approximate surface area is 342 Å². The molecule has 5 aromatic rings. The average Bonchev–Trinajstić information content (AvgIpc) is 3.95. The first kappa shape index (κ1) is 40.9. The van der Waals surface area contributed by atoms with Crippen molar-refractivity contribution in [3.8, 4) is 0 Å². The lowest BCUT2D eigenvalue weighted by Gasteiger charge is -2.30. The number of halogens is 1. The van der Waals surface area contributed by atoms with Gasteiger partial charge >= 0.3 is 19.5 Å². The van der Waals surface area contributed by atoms with E-state index in [0.717, 1.165) is 0 Å². The number of carbonyl (C=O) groups is 2. The number of nitrogens with one attached hydrogen (secondary N) is 2. The van der Waals surface area contributed by atoms with Crippen molar-refractivity contribution in [2.45, 2.75) is 63.2 Å². The number of hydrogen-bond donors (Lipinski definition) is 5. The normalized spacial score (nSPS) is 30.4. The summed E-state index contributed by atoms with van der Waals surface area (Å²) in [6.45, 7) is -6.31. The summed E-state index contributed by atoms with van der Waals surface area (Å²) in [4.78, 5) is 74.0. The number of nitrogen functional groups attached to an aromatic ring is 1. The summed E-state index contributed by atoms with van der Waals surface area (Å²) in [7, 11) is 0. The molecule has 8 rings (SSSR count). The predicted octanol–water partition coefficient (Wildman–Crippen LogP) is 3.27. The van der Waals surface area contributed by atoms with Crippen LogP contribution >= 0.6 is 37.4 Å². The molecule has 308 valence electrons. The number of thiol groups is 1. The van der Waals surface area contributed by atoms with Crippen molar-refractivity contribution in [3.63, 3.8) is 0 Å². The molecule has 5 N–H and O–H groups in total. The highest BCUT2D eigenvalue weighted by Gasteiger charge is 2.53. The quantitative estimate of drug-likeness (QED) is 0.0708. The number of aromatic nitrogens is 8. The van der Waals surface area contributed by atoms with Gasteiger partial charge in [-0.05, 0) is 35.5 Å². The fourth-order valence-corrected chi connectivity index (χ4v) is 9.62. The Balaban J connectivity index is 1.12. The van der Waals surface area contributed by atoms with Crippen LogP contribution in [0, 0.1) is 5.92 Å². The van der Waals surface area contributed by atoms with Crippen LogP contribution in [0.3, 0.4) is 0 Å². The first-order chi connectivity index (χ1) is 27.6. The van der Waals surface area contributed by atoms with Gasteiger partial charge in [0.25, 0.3) is 5.56 Å². The van der Waals surface area contributed by atoms with Crippen LogP contribution in [0.4, 0.5) is 11.8 Å². The Morgan fingerprint density at radius 1 is 1.03 bits per heavy atom. The van der Waals surface area contributed by atoms with Crippen LogP contribution in [0.5, 0.6) is 0 Å². The number of imidazole rings is 2. The summed E-state index contributed by atoms with van der Waals surface area (Å²) in [6.07, 6.45) is -5.97. The molecule has 3 aliphatic rings. The van der Waals surface area contributed by atoms with E-state index >= 15 is 0 Å². The van der Waals surface area contributed by atoms with E-state index in [1.165, 1.54) is 33.9 Å². The molecule has 3 fully saturated rings. The molecule has 22 nitrogen and oxygen atoms in total. The number of carbonyl (C=O) groups excluding carboxylic acids is 2. The molecule has 3 aliphatic heterocycles. The second-order valence-electron chi connectivity index (χ2n) is 13.5. The summed E-state index contributed by atoms with van der Waals surface area (Å²) in [5.74, 6) is -1.87. The minimum Gasteiger partial charge on any atom is -0.451 e. The molecule has 0 aliphatic carbocycles. The van der Waals surface area contributed by atoms with Crippen molar-refractivity contribution in [1.29, 1.82) is 0 Å². The SMILES string of the molecule is CC(C)C(=O)Nc1nc2c(ncn2[C@@H]2O[C@@H]3COP(O)(=S)O[C@@H]4C[C@H](n5cnc6c(N)nc(Cl)nc65)O[C@@H]4COP(=O)(S)O[C@@H]3C2OC(=O)c2ccccc2)c(=O)[nH]1. The highest BCUT2D eigenvalue weighted by Crippen LogP contribution is 2.58. The van der Waals surface area contributed by atoms with Crippen LogP contribution in [0.1, 0.15) is 43.1 Å². The third kappa shape index (κ3) is 8.29. The monoisotopic (exact) mass is 898 g/mol. The molecule has 58 heavy (non-hydrogen) atoms. The van der Waals surface area contributed by atoms with Gasteiger partial charge in [-0.1, -0.05) is 44.3 Å². The molecule has 27 heteroatoms. The molecule has 3 saturated heterocycles. The van der Waals surface area contributed by atoms with Crippen molar-refractivity contribution in [2.75, 3.05) is 24.3 Å². The van der Waals surface area contributed by atoms with Gasteiger partial charge in [-0.15, -0.1) is 0 Å². The molecular weight excluding hydrogens is 866 g/mol. The number of nitrogens with two attached hydrogens (primary N) is 1. The van der Waals surface area contributed by atoms with Crippen LogP contribution < -0.4 is 16.6 Å². The first-order valence-corrected chi connectivity index (χ1v) is 23.0. The van der Waals surface area contributed by atoms with E-state index in [-0.39, 0.29) is 51.4 Å². The van der Waals surface area contributed by atoms with E-state index in [9.17, 15) is 23.8 Å². The van der Waals surface area contributed by atoms with Gasteiger partial charge in [0, 0.05) is 12.3 Å². The number of esters is 1. The third-order valence-corrected chi connectivity index (χ3v) is 12.6. The molecule has 1 aromatic carbocycles. The topological polar surface area (TPSA) is 281 Å². The van der Waals surface area contributed by atoms with Crippen LogP contribution in [0.15, 0.2) is 47.8 Å². The number of benzene rings is 1. The molecule has 0 bridgehead atoms. The van der Waals surface area contributed by atoms with E-state index in [4.69, 9.17) is 61.4 Å². The Kier molecular flexibility index (Phi) is 11.2. The minimum atomic E-state index is -4.43. The lowest BCUT2D eigenvalue weighted by atomic mass is 10.1. The molecule has 0 spiro atoms. The Morgan fingerprint density at radius 3 is 2.50 bits per heavy atom. The van der Waals surface area contributed by atoms with Gasteiger partial charge in [0.2, 0.25) is 17.1 Å². The van der Waals surface area contributed by atoms with E-state index in [0.29, 0.717) is 0 Å². The predicted molar refractivity (Wildman–Crippen MR) is 209 cm³/mol. The van der Waals surface area contributed by atoms with Crippen molar-refractivity contribution < 1.29 is 51.4 Å². The summed E-state index contributed by atoms with van der Waals surface area (Å²) >= 11 is 15.7. The minimum absolute atomic E-state index is 0.0408. The van der Waals surface area contributed by atoms with Crippen LogP contribution in [-0.4, -0.2) is 99.5 Å². The van der Waals surface area contributed by atoms with E-state index in [2.05, 4.69) is 47.5 Å². The van der Waals surface area contributed by atoms with Gasteiger partial charge in [0.05, 0.1) is 37.5 Å². The van der Waals surface area contributed by atoms with Crippen molar-refractivity contribution in [2.24, 2.45) is 5.92 Å². The Hall–Kier alpha value is -3.90. The summed E-state index contributed by atoms with van der Waals surface area (Å²) < 4.78 is 59.0. The number of amides is 1. The number of aromatic amines is 1. The lowest BCUT2D eigenvalue weighted by molar-refractivity contribution is -0.118. The third-order valence-electron chi connectivity index (χ3n) is 9.25. The van der Waals surface area contributed by atoms with E-state index in [1.807, 2.05) is 0 Å². The highest BCUT2D eigenvalue weighted by atomic mass is 35.5. The second kappa shape index (κ2) is 15.9. The summed E-state index contributed by atoms with van der Waals surface area (Å²) in [6, 6.07) is 7.96. The van der Waals surface area contributed by atoms with Crippen molar-refractivity contribution in [1.82, 2.24) is 39.0 Å². The van der Waals surface area contributed by atoms with Crippen molar-refractivity contribution >= 4 is 95.1 Å². The van der Waals surface area contributed by atoms with Gasteiger partial charge in [0.15, 0.2) is 35.0 Å². The van der Waals surface area contributed by atoms with E-state index < -0.39 is 93.1 Å². The summed E-state index contributed by atoms with van der Waals surface area (Å²) in [5, 5.41) is 2.41. The lowest BCUT2D eigenvalue weighted by Crippen LogP contribution is -2.39. The fraction of sp³-hybridized carbons (Fsp3) is 0.419. The second-order valence-corrected chi connectivity index (χ2v) is 19.5. The number of fused-ring (bicyclic) bond motifs is 4. The largest absolute Gasteiger partial charge is 0.451 e. The van der Waals surface area contributed by atoms with Gasteiger partial charge in [-0.25, -0.2) is 19.3 Å².